The molecule has 1 aromatic rings. The smallest absolute Gasteiger partial charge is 0.166 e. The summed E-state index contributed by atoms with van der Waals surface area (Å²) in [5.41, 5.74) is 0.540. The highest BCUT2D eigenvalue weighted by atomic mass is 16.5. The average Bonchev–Trinajstić information content (AvgIpc) is 2.83. The Morgan fingerprint density at radius 2 is 2.56 bits per heavy atom. The van der Waals surface area contributed by atoms with Gasteiger partial charge in [0.2, 0.25) is 0 Å². The van der Waals surface area contributed by atoms with Crippen molar-refractivity contribution in [3.63, 3.8) is 0 Å². The molecule has 0 amide bonds. The SMILES string of the molecule is N#Cc1ccnnc1NCCC1CCOC1. The van der Waals surface area contributed by atoms with Crippen molar-refractivity contribution in [3.8, 4) is 6.07 Å². The molecule has 1 atom stereocenters. The zero-order chi connectivity index (χ0) is 11.2. The van der Waals surface area contributed by atoms with Crippen molar-refractivity contribution < 1.29 is 4.74 Å². The lowest BCUT2D eigenvalue weighted by Crippen LogP contribution is -2.11. The molecule has 5 heteroatoms. The van der Waals surface area contributed by atoms with Crippen LogP contribution in [0, 0.1) is 17.2 Å². The number of aromatic nitrogens is 2. The van der Waals surface area contributed by atoms with Crippen LogP contribution < -0.4 is 5.32 Å². The molecular weight excluding hydrogens is 204 g/mol. The number of hydrogen-bond donors (Lipinski definition) is 1. The van der Waals surface area contributed by atoms with Gasteiger partial charge in [-0.2, -0.15) is 10.4 Å². The van der Waals surface area contributed by atoms with E-state index in [1.165, 1.54) is 6.20 Å². The van der Waals surface area contributed by atoms with Crippen molar-refractivity contribution in [1.29, 1.82) is 5.26 Å². The van der Waals surface area contributed by atoms with Gasteiger partial charge in [-0.15, -0.1) is 5.10 Å². The Hall–Kier alpha value is -1.67. The molecule has 1 aliphatic heterocycles. The lowest BCUT2D eigenvalue weighted by atomic mass is 10.1. The van der Waals surface area contributed by atoms with Crippen LogP contribution in [0.4, 0.5) is 5.82 Å². The van der Waals surface area contributed by atoms with E-state index in [2.05, 4.69) is 21.6 Å². The number of nitrogens with one attached hydrogen (secondary N) is 1. The molecule has 16 heavy (non-hydrogen) atoms. The fourth-order valence-corrected chi connectivity index (χ4v) is 1.76. The monoisotopic (exact) mass is 218 g/mol. The predicted molar refractivity (Wildman–Crippen MR) is 58.8 cm³/mol. The van der Waals surface area contributed by atoms with Crippen molar-refractivity contribution in [2.45, 2.75) is 12.8 Å². The average molecular weight is 218 g/mol. The summed E-state index contributed by atoms with van der Waals surface area (Å²) in [6.45, 7) is 2.54. The Labute approximate surface area is 94.4 Å². The second-order valence-corrected chi connectivity index (χ2v) is 3.85. The Morgan fingerprint density at radius 1 is 1.62 bits per heavy atom. The van der Waals surface area contributed by atoms with Crippen molar-refractivity contribution in [3.05, 3.63) is 17.8 Å². The molecule has 0 radical (unpaired) electrons. The number of ether oxygens (including phenoxy) is 1. The summed E-state index contributed by atoms with van der Waals surface area (Å²) in [6, 6.07) is 3.75. The lowest BCUT2D eigenvalue weighted by Gasteiger charge is -2.09. The number of nitrogens with zero attached hydrogens (tertiary/aromatic N) is 3. The van der Waals surface area contributed by atoms with Crippen LogP contribution >= 0.6 is 0 Å². The molecule has 5 nitrogen and oxygen atoms in total. The highest BCUT2D eigenvalue weighted by Gasteiger charge is 2.15. The van der Waals surface area contributed by atoms with E-state index in [-0.39, 0.29) is 0 Å². The minimum Gasteiger partial charge on any atom is -0.381 e. The van der Waals surface area contributed by atoms with E-state index < -0.39 is 0 Å². The first-order valence-electron chi connectivity index (χ1n) is 5.43. The minimum atomic E-state index is 0.540. The van der Waals surface area contributed by atoms with E-state index in [0.717, 1.165) is 32.6 Å². The lowest BCUT2D eigenvalue weighted by molar-refractivity contribution is 0.185. The van der Waals surface area contributed by atoms with E-state index in [1.807, 2.05) is 0 Å². The van der Waals surface area contributed by atoms with E-state index in [1.54, 1.807) is 6.07 Å². The zero-order valence-electron chi connectivity index (χ0n) is 9.02. The third-order valence-electron chi connectivity index (χ3n) is 2.71. The van der Waals surface area contributed by atoms with Crippen LogP contribution in [0.15, 0.2) is 12.3 Å². The number of rotatable bonds is 4. The largest absolute Gasteiger partial charge is 0.381 e. The third-order valence-corrected chi connectivity index (χ3v) is 2.71. The molecule has 0 bridgehead atoms. The zero-order valence-corrected chi connectivity index (χ0v) is 9.02. The second-order valence-electron chi connectivity index (χ2n) is 3.85. The van der Waals surface area contributed by atoms with E-state index >= 15 is 0 Å². The molecule has 1 N–H and O–H groups in total. The standard InChI is InChI=1S/C11H14N4O/c12-7-10-2-5-14-15-11(10)13-4-1-9-3-6-16-8-9/h2,5,9H,1,3-4,6,8H2,(H,13,15). The molecule has 1 aromatic heterocycles. The second kappa shape index (κ2) is 5.42. The number of hydrogen-bond acceptors (Lipinski definition) is 5. The molecule has 1 aliphatic rings. The number of anilines is 1. The first-order valence-corrected chi connectivity index (χ1v) is 5.43. The maximum absolute atomic E-state index is 8.85. The van der Waals surface area contributed by atoms with Gasteiger partial charge in [-0.05, 0) is 24.8 Å². The Bertz CT molecular complexity index is 382. The first-order chi connectivity index (χ1) is 7.90. The molecule has 1 saturated heterocycles. The van der Waals surface area contributed by atoms with E-state index in [4.69, 9.17) is 10.00 Å². The predicted octanol–water partition coefficient (Wildman–Crippen LogP) is 1.19. The summed E-state index contributed by atoms with van der Waals surface area (Å²) >= 11 is 0. The molecular formula is C11H14N4O. The van der Waals surface area contributed by atoms with Crippen LogP contribution in [0.1, 0.15) is 18.4 Å². The van der Waals surface area contributed by atoms with Gasteiger partial charge in [-0.25, -0.2) is 0 Å². The maximum atomic E-state index is 8.85. The molecule has 2 heterocycles. The van der Waals surface area contributed by atoms with Gasteiger partial charge in [0, 0.05) is 19.8 Å². The van der Waals surface area contributed by atoms with Gasteiger partial charge in [0.25, 0.3) is 0 Å². The van der Waals surface area contributed by atoms with Gasteiger partial charge in [-0.1, -0.05) is 0 Å². The summed E-state index contributed by atoms with van der Waals surface area (Å²) in [7, 11) is 0. The van der Waals surface area contributed by atoms with Crippen LogP contribution in [0.25, 0.3) is 0 Å². The van der Waals surface area contributed by atoms with Crippen molar-refractivity contribution in [1.82, 2.24) is 10.2 Å². The highest BCUT2D eigenvalue weighted by Crippen LogP contribution is 2.16. The molecule has 0 aromatic carbocycles. The van der Waals surface area contributed by atoms with E-state index in [9.17, 15) is 0 Å². The van der Waals surface area contributed by atoms with Crippen molar-refractivity contribution in [2.75, 3.05) is 25.1 Å². The summed E-state index contributed by atoms with van der Waals surface area (Å²) in [6.07, 6.45) is 3.70. The molecule has 0 aliphatic carbocycles. The number of nitriles is 1. The Kier molecular flexibility index (Phi) is 3.67. The molecule has 1 unspecified atom stereocenters. The molecule has 0 spiro atoms. The first kappa shape index (κ1) is 10.8. The Balaban J connectivity index is 1.82. The summed E-state index contributed by atoms with van der Waals surface area (Å²) in [5, 5.41) is 19.6. The van der Waals surface area contributed by atoms with Crippen molar-refractivity contribution in [2.24, 2.45) is 5.92 Å². The van der Waals surface area contributed by atoms with Gasteiger partial charge in [0.1, 0.15) is 6.07 Å². The van der Waals surface area contributed by atoms with Crippen molar-refractivity contribution >= 4 is 5.82 Å². The van der Waals surface area contributed by atoms with Gasteiger partial charge < -0.3 is 10.1 Å². The van der Waals surface area contributed by atoms with Crippen LogP contribution in [0.2, 0.25) is 0 Å². The minimum absolute atomic E-state index is 0.540. The fraction of sp³-hybridized carbons (Fsp3) is 0.545. The van der Waals surface area contributed by atoms with Gasteiger partial charge >= 0.3 is 0 Å². The maximum Gasteiger partial charge on any atom is 0.166 e. The summed E-state index contributed by atoms with van der Waals surface area (Å²) in [4.78, 5) is 0. The Morgan fingerprint density at radius 3 is 3.31 bits per heavy atom. The van der Waals surface area contributed by atoms with Gasteiger partial charge in [-0.3, -0.25) is 0 Å². The summed E-state index contributed by atoms with van der Waals surface area (Å²) in [5.74, 6) is 1.21. The van der Waals surface area contributed by atoms with Crippen LogP contribution in [0.5, 0.6) is 0 Å². The molecule has 0 saturated carbocycles. The fourth-order valence-electron chi connectivity index (χ4n) is 1.76. The van der Waals surface area contributed by atoms with Gasteiger partial charge in [0.05, 0.1) is 11.8 Å². The summed E-state index contributed by atoms with van der Waals surface area (Å²) < 4.78 is 5.30. The molecule has 84 valence electrons. The van der Waals surface area contributed by atoms with Gasteiger partial charge in [0.15, 0.2) is 5.82 Å². The molecule has 2 rings (SSSR count). The van der Waals surface area contributed by atoms with Crippen LogP contribution in [-0.4, -0.2) is 30.0 Å². The third kappa shape index (κ3) is 2.67. The van der Waals surface area contributed by atoms with Crippen LogP contribution in [0.3, 0.4) is 0 Å². The normalized spacial score (nSPS) is 19.3. The quantitative estimate of drug-likeness (QED) is 0.821. The molecule has 1 fully saturated rings. The topological polar surface area (TPSA) is 70.8 Å². The highest BCUT2D eigenvalue weighted by molar-refractivity contribution is 5.49. The van der Waals surface area contributed by atoms with E-state index in [0.29, 0.717) is 17.3 Å². The van der Waals surface area contributed by atoms with Crippen LogP contribution in [-0.2, 0) is 4.74 Å².